The number of fused-ring (bicyclic) bond motifs is 1. The van der Waals surface area contributed by atoms with Crippen LogP contribution in [-0.2, 0) is 19.1 Å². The largest absolute Gasteiger partial charge is 0.453 e. The van der Waals surface area contributed by atoms with Gasteiger partial charge in [0.2, 0.25) is 0 Å². The normalized spacial score (nSPS) is 20.9. The summed E-state index contributed by atoms with van der Waals surface area (Å²) in [6.45, 7) is 1.31. The fraction of sp³-hybridized carbons (Fsp3) is 0.778. The lowest BCUT2D eigenvalue weighted by Gasteiger charge is -2.21. The van der Waals surface area contributed by atoms with Gasteiger partial charge in [0.05, 0.1) is 0 Å². The Labute approximate surface area is 90.9 Å². The molecule has 0 saturated heterocycles. The molecule has 2 heterocycles. The van der Waals surface area contributed by atoms with E-state index in [2.05, 4.69) is 15.4 Å². The van der Waals surface area contributed by atoms with Crippen LogP contribution >= 0.6 is 0 Å². The predicted octanol–water partition coefficient (Wildman–Crippen LogP) is 1.08. The summed E-state index contributed by atoms with van der Waals surface area (Å²) in [6, 6.07) is 0. The smallest absolute Gasteiger partial charge is 0.319 e. The highest BCUT2D eigenvalue weighted by molar-refractivity contribution is 4.99. The highest BCUT2D eigenvalue weighted by Crippen LogP contribution is 2.28. The third kappa shape index (κ3) is 2.18. The number of rotatable bonds is 2. The van der Waals surface area contributed by atoms with E-state index >= 15 is 0 Å². The summed E-state index contributed by atoms with van der Waals surface area (Å²) in [7, 11) is 1.83. The zero-order chi connectivity index (χ0) is 11.8. The highest BCUT2D eigenvalue weighted by Gasteiger charge is 2.37. The van der Waals surface area contributed by atoms with Crippen molar-refractivity contribution in [2.24, 2.45) is 5.92 Å². The molecule has 1 unspecified atom stereocenters. The van der Waals surface area contributed by atoms with Gasteiger partial charge in [-0.25, -0.2) is 9.67 Å². The van der Waals surface area contributed by atoms with Gasteiger partial charge in [-0.1, -0.05) is 0 Å². The van der Waals surface area contributed by atoms with E-state index in [1.54, 1.807) is 0 Å². The van der Waals surface area contributed by atoms with Crippen LogP contribution in [0.1, 0.15) is 18.1 Å². The second kappa shape index (κ2) is 4.04. The molecule has 1 aliphatic heterocycles. The summed E-state index contributed by atoms with van der Waals surface area (Å²) in [6.07, 6.45) is -3.02. The van der Waals surface area contributed by atoms with Crippen LogP contribution < -0.4 is 5.32 Å². The predicted molar refractivity (Wildman–Crippen MR) is 50.8 cm³/mol. The first-order chi connectivity index (χ1) is 7.50. The molecule has 16 heavy (non-hydrogen) atoms. The molecule has 0 fully saturated rings. The SMILES string of the molecule is CNCC1CCc2nc(C(F)(F)F)nn2C1. The van der Waals surface area contributed by atoms with E-state index in [1.807, 2.05) is 7.05 Å². The van der Waals surface area contributed by atoms with Crippen LogP contribution in [0, 0.1) is 5.92 Å². The Hall–Kier alpha value is -1.11. The van der Waals surface area contributed by atoms with Gasteiger partial charge < -0.3 is 5.32 Å². The van der Waals surface area contributed by atoms with Crippen molar-refractivity contribution in [1.29, 1.82) is 0 Å². The molecule has 1 aromatic heterocycles. The van der Waals surface area contributed by atoms with Crippen molar-refractivity contribution in [3.8, 4) is 0 Å². The first-order valence-corrected chi connectivity index (χ1v) is 5.16. The van der Waals surface area contributed by atoms with Gasteiger partial charge in [-0.2, -0.15) is 13.2 Å². The van der Waals surface area contributed by atoms with Gasteiger partial charge in [0.25, 0.3) is 5.82 Å². The lowest BCUT2D eigenvalue weighted by atomic mass is 10.00. The third-order valence-corrected chi connectivity index (χ3v) is 2.70. The van der Waals surface area contributed by atoms with E-state index in [4.69, 9.17) is 0 Å². The maximum atomic E-state index is 12.4. The zero-order valence-corrected chi connectivity index (χ0v) is 8.88. The van der Waals surface area contributed by atoms with Crippen LogP contribution in [0.2, 0.25) is 0 Å². The standard InChI is InChI=1S/C9H13F3N4/c1-13-4-6-2-3-7-14-8(9(10,11)12)15-16(7)5-6/h6,13H,2-5H2,1H3. The van der Waals surface area contributed by atoms with Crippen molar-refractivity contribution in [1.82, 2.24) is 20.1 Å². The van der Waals surface area contributed by atoms with Crippen molar-refractivity contribution >= 4 is 0 Å². The van der Waals surface area contributed by atoms with Crippen LogP contribution in [0.15, 0.2) is 0 Å². The molecule has 90 valence electrons. The summed E-state index contributed by atoms with van der Waals surface area (Å²) >= 11 is 0. The minimum atomic E-state index is -4.44. The highest BCUT2D eigenvalue weighted by atomic mass is 19.4. The minimum Gasteiger partial charge on any atom is -0.319 e. The molecule has 0 amide bonds. The van der Waals surface area contributed by atoms with Gasteiger partial charge in [0.15, 0.2) is 0 Å². The molecule has 0 saturated carbocycles. The third-order valence-electron chi connectivity index (χ3n) is 2.70. The summed E-state index contributed by atoms with van der Waals surface area (Å²) < 4.78 is 38.5. The lowest BCUT2D eigenvalue weighted by molar-refractivity contribution is -0.145. The first kappa shape index (κ1) is 11.4. The molecule has 0 bridgehead atoms. The van der Waals surface area contributed by atoms with E-state index in [9.17, 15) is 13.2 Å². The molecule has 0 spiro atoms. The summed E-state index contributed by atoms with van der Waals surface area (Å²) in [5, 5.41) is 6.53. The topological polar surface area (TPSA) is 42.7 Å². The summed E-state index contributed by atoms with van der Waals surface area (Å²) in [4.78, 5) is 3.52. The number of halogens is 3. The Morgan fingerprint density at radius 3 is 2.88 bits per heavy atom. The molecule has 4 nitrogen and oxygen atoms in total. The molecule has 1 N–H and O–H groups in total. The van der Waals surface area contributed by atoms with Gasteiger partial charge in [0, 0.05) is 13.0 Å². The Kier molecular flexibility index (Phi) is 2.88. The van der Waals surface area contributed by atoms with Crippen LogP contribution in [-0.4, -0.2) is 28.4 Å². The van der Waals surface area contributed by atoms with Crippen molar-refractivity contribution in [2.75, 3.05) is 13.6 Å². The number of hydrogen-bond acceptors (Lipinski definition) is 3. The number of hydrogen-bond donors (Lipinski definition) is 1. The van der Waals surface area contributed by atoms with Crippen molar-refractivity contribution in [3.05, 3.63) is 11.6 Å². The summed E-state index contributed by atoms with van der Waals surface area (Å²) in [5.74, 6) is -0.243. The van der Waals surface area contributed by atoms with Crippen LogP contribution in [0.5, 0.6) is 0 Å². The second-order valence-corrected chi connectivity index (χ2v) is 3.99. The monoisotopic (exact) mass is 234 g/mol. The second-order valence-electron chi connectivity index (χ2n) is 3.99. The van der Waals surface area contributed by atoms with E-state index in [-0.39, 0.29) is 0 Å². The van der Waals surface area contributed by atoms with Gasteiger partial charge in [-0.3, -0.25) is 0 Å². The Morgan fingerprint density at radius 2 is 2.25 bits per heavy atom. The van der Waals surface area contributed by atoms with Crippen molar-refractivity contribution in [3.63, 3.8) is 0 Å². The van der Waals surface area contributed by atoms with Crippen molar-refractivity contribution in [2.45, 2.75) is 25.6 Å². The number of aromatic nitrogens is 3. The van der Waals surface area contributed by atoms with Gasteiger partial charge in [-0.15, -0.1) is 5.10 Å². The van der Waals surface area contributed by atoms with E-state index in [0.29, 0.717) is 24.7 Å². The van der Waals surface area contributed by atoms with Gasteiger partial charge in [0.1, 0.15) is 5.82 Å². The molecule has 1 aromatic rings. The minimum absolute atomic E-state index is 0.334. The quantitative estimate of drug-likeness (QED) is 0.832. The maximum Gasteiger partial charge on any atom is 0.453 e. The Balaban J connectivity index is 2.17. The lowest BCUT2D eigenvalue weighted by Crippen LogP contribution is -2.28. The molecule has 0 aliphatic carbocycles. The Morgan fingerprint density at radius 1 is 1.50 bits per heavy atom. The van der Waals surface area contributed by atoms with E-state index in [1.165, 1.54) is 4.68 Å². The van der Waals surface area contributed by atoms with Crippen LogP contribution in [0.25, 0.3) is 0 Å². The molecule has 1 aliphatic rings. The zero-order valence-electron chi connectivity index (χ0n) is 8.88. The number of nitrogens with one attached hydrogen (secondary N) is 1. The summed E-state index contributed by atoms with van der Waals surface area (Å²) in [5.41, 5.74) is 0. The number of aryl methyl sites for hydroxylation is 1. The molecule has 1 atom stereocenters. The van der Waals surface area contributed by atoms with Gasteiger partial charge in [-0.05, 0) is 25.9 Å². The van der Waals surface area contributed by atoms with Crippen LogP contribution in [0.3, 0.4) is 0 Å². The molecule has 0 radical (unpaired) electrons. The van der Waals surface area contributed by atoms with Gasteiger partial charge >= 0.3 is 6.18 Å². The molecule has 2 rings (SSSR count). The fourth-order valence-electron chi connectivity index (χ4n) is 1.95. The average Bonchev–Trinajstić information content (AvgIpc) is 2.60. The van der Waals surface area contributed by atoms with E-state index < -0.39 is 12.0 Å². The average molecular weight is 234 g/mol. The van der Waals surface area contributed by atoms with E-state index in [0.717, 1.165) is 13.0 Å². The Bertz CT molecular complexity index is 371. The molecule has 0 aromatic carbocycles. The van der Waals surface area contributed by atoms with Crippen LogP contribution in [0.4, 0.5) is 13.2 Å². The van der Waals surface area contributed by atoms with Crippen molar-refractivity contribution < 1.29 is 13.2 Å². The molecule has 7 heteroatoms. The number of alkyl halides is 3. The number of nitrogens with zero attached hydrogens (tertiary/aromatic N) is 3. The molecular weight excluding hydrogens is 221 g/mol. The first-order valence-electron chi connectivity index (χ1n) is 5.16. The molecular formula is C9H13F3N4. The fourth-order valence-corrected chi connectivity index (χ4v) is 1.95. The maximum absolute atomic E-state index is 12.4.